The van der Waals surface area contributed by atoms with Gasteiger partial charge < -0.3 is 19.7 Å². The topological polar surface area (TPSA) is 97.8 Å². The molecule has 2 atom stereocenters. The number of nitrogens with zero attached hydrogens (tertiary/aromatic N) is 2. The molecule has 2 fully saturated rings. The van der Waals surface area contributed by atoms with Gasteiger partial charge in [0.2, 0.25) is 11.8 Å². The van der Waals surface area contributed by atoms with E-state index in [1.165, 1.54) is 12.8 Å². The molecule has 0 radical (unpaired) electrons. The quantitative estimate of drug-likeness (QED) is 0.666. The summed E-state index contributed by atoms with van der Waals surface area (Å²) in [6.45, 7) is 1.20. The molecule has 5 rings (SSSR count). The first-order valence-corrected chi connectivity index (χ1v) is 11.5. The van der Waals surface area contributed by atoms with Gasteiger partial charge in [0.25, 0.3) is 5.91 Å². The molecule has 1 saturated heterocycles. The van der Waals surface area contributed by atoms with Crippen LogP contribution in [0.5, 0.6) is 11.6 Å². The molecule has 1 saturated carbocycles. The predicted molar refractivity (Wildman–Crippen MR) is 121 cm³/mol. The Labute approximate surface area is 192 Å². The van der Waals surface area contributed by atoms with Crippen LogP contribution in [0.1, 0.15) is 53.9 Å². The molecule has 3 aliphatic rings. The summed E-state index contributed by atoms with van der Waals surface area (Å²) in [5.41, 5.74) is 2.16. The summed E-state index contributed by atoms with van der Waals surface area (Å²) < 4.78 is 11.5. The maximum absolute atomic E-state index is 13.0. The first kappa shape index (κ1) is 21.4. The highest BCUT2D eigenvalue weighted by atomic mass is 16.5. The summed E-state index contributed by atoms with van der Waals surface area (Å²) in [7, 11) is 1.59. The predicted octanol–water partition coefficient (Wildman–Crippen LogP) is 2.86. The third-order valence-corrected chi connectivity index (χ3v) is 6.54. The van der Waals surface area contributed by atoms with Crippen molar-refractivity contribution in [1.29, 1.82) is 0 Å². The van der Waals surface area contributed by atoms with Crippen LogP contribution in [-0.2, 0) is 9.59 Å². The second-order valence-electron chi connectivity index (χ2n) is 8.94. The lowest BCUT2D eigenvalue weighted by molar-refractivity contribution is -0.123. The van der Waals surface area contributed by atoms with Crippen molar-refractivity contribution in [3.63, 3.8) is 0 Å². The molecule has 1 aliphatic heterocycles. The van der Waals surface area contributed by atoms with Crippen molar-refractivity contribution in [3.05, 3.63) is 47.7 Å². The molecule has 2 aliphatic carbocycles. The van der Waals surface area contributed by atoms with Crippen LogP contribution in [-0.4, -0.2) is 48.9 Å². The zero-order chi connectivity index (χ0) is 22.9. The lowest BCUT2D eigenvalue weighted by atomic mass is 9.97. The Bertz CT molecular complexity index is 1080. The summed E-state index contributed by atoms with van der Waals surface area (Å²) >= 11 is 0. The van der Waals surface area contributed by atoms with Crippen LogP contribution in [0.25, 0.3) is 0 Å². The SMILES string of the molecule is CNC(=O)CC1CC(=O)c2cc(N3CC[C@@H](Oc4ccc(OCC5CC5)nc4)C3=O)ccc21. The Morgan fingerprint density at radius 1 is 1.18 bits per heavy atom. The van der Waals surface area contributed by atoms with Crippen molar-refractivity contribution in [2.45, 2.75) is 44.1 Å². The zero-order valence-corrected chi connectivity index (χ0v) is 18.6. The highest BCUT2D eigenvalue weighted by Gasteiger charge is 2.36. The number of pyridine rings is 1. The fourth-order valence-corrected chi connectivity index (χ4v) is 4.45. The number of carbonyl (C=O) groups is 3. The smallest absolute Gasteiger partial charge is 0.268 e. The lowest BCUT2D eigenvalue weighted by Crippen LogP contribution is -2.32. The van der Waals surface area contributed by atoms with Crippen LogP contribution in [0.2, 0.25) is 0 Å². The van der Waals surface area contributed by atoms with Crippen molar-refractivity contribution in [2.75, 3.05) is 25.1 Å². The minimum Gasteiger partial charge on any atom is -0.479 e. The molecular weight excluding hydrogens is 422 g/mol. The van der Waals surface area contributed by atoms with E-state index in [0.29, 0.717) is 54.8 Å². The van der Waals surface area contributed by atoms with Gasteiger partial charge in [0, 0.05) is 56.1 Å². The van der Waals surface area contributed by atoms with Gasteiger partial charge in [-0.15, -0.1) is 0 Å². The van der Waals surface area contributed by atoms with Gasteiger partial charge in [-0.1, -0.05) is 6.07 Å². The summed E-state index contributed by atoms with van der Waals surface area (Å²) in [5, 5.41) is 2.61. The van der Waals surface area contributed by atoms with Gasteiger partial charge >= 0.3 is 0 Å². The molecule has 0 spiro atoms. The Hall–Kier alpha value is -3.42. The van der Waals surface area contributed by atoms with Crippen molar-refractivity contribution >= 4 is 23.3 Å². The lowest BCUT2D eigenvalue weighted by Gasteiger charge is -2.18. The van der Waals surface area contributed by atoms with E-state index in [-0.39, 0.29) is 29.9 Å². The highest BCUT2D eigenvalue weighted by Crippen LogP contribution is 2.38. The summed E-state index contributed by atoms with van der Waals surface area (Å²) in [5.74, 6) is 1.40. The van der Waals surface area contributed by atoms with Crippen LogP contribution in [0.4, 0.5) is 5.69 Å². The first-order chi connectivity index (χ1) is 16.0. The van der Waals surface area contributed by atoms with Crippen LogP contribution in [0.3, 0.4) is 0 Å². The fraction of sp³-hybridized carbons (Fsp3) is 0.440. The average molecular weight is 450 g/mol. The molecule has 1 unspecified atom stereocenters. The monoisotopic (exact) mass is 449 g/mol. The molecule has 0 bridgehead atoms. The van der Waals surface area contributed by atoms with Crippen LogP contribution >= 0.6 is 0 Å². The highest BCUT2D eigenvalue weighted by molar-refractivity contribution is 6.05. The molecule has 2 amide bonds. The minimum absolute atomic E-state index is 0.00951. The van der Waals surface area contributed by atoms with E-state index in [1.54, 1.807) is 36.3 Å². The standard InChI is InChI=1S/C25H27N3O5/c1-26-23(30)11-16-10-21(29)20-12-17(4-6-19(16)20)28-9-8-22(25(28)31)33-18-5-7-24(27-13-18)32-14-15-2-3-15/h4-7,12-13,15-16,22H,2-3,8-11,14H2,1H3,(H,26,30)/t16?,22-/m1/s1. The second-order valence-corrected chi connectivity index (χ2v) is 8.94. The van der Waals surface area contributed by atoms with Crippen molar-refractivity contribution in [3.8, 4) is 11.6 Å². The molecule has 2 heterocycles. The van der Waals surface area contributed by atoms with Crippen molar-refractivity contribution in [2.24, 2.45) is 5.92 Å². The molecule has 172 valence electrons. The van der Waals surface area contributed by atoms with Gasteiger partial charge in [-0.3, -0.25) is 14.4 Å². The minimum atomic E-state index is -0.602. The van der Waals surface area contributed by atoms with Gasteiger partial charge in [0.05, 0.1) is 12.8 Å². The third kappa shape index (κ3) is 4.55. The van der Waals surface area contributed by atoms with E-state index < -0.39 is 6.10 Å². The first-order valence-electron chi connectivity index (χ1n) is 11.5. The maximum Gasteiger partial charge on any atom is 0.268 e. The van der Waals surface area contributed by atoms with E-state index in [1.807, 2.05) is 12.1 Å². The van der Waals surface area contributed by atoms with Gasteiger partial charge in [0.1, 0.15) is 5.75 Å². The number of hydrogen-bond donors (Lipinski definition) is 1. The van der Waals surface area contributed by atoms with E-state index in [4.69, 9.17) is 9.47 Å². The number of Topliss-reactive ketones (excluding diaryl/α,β-unsaturated/α-hetero) is 1. The van der Waals surface area contributed by atoms with Gasteiger partial charge in [0.15, 0.2) is 11.9 Å². The zero-order valence-electron chi connectivity index (χ0n) is 18.6. The van der Waals surface area contributed by atoms with E-state index in [2.05, 4.69) is 10.3 Å². The Kier molecular flexibility index (Phi) is 5.74. The summed E-state index contributed by atoms with van der Waals surface area (Å²) in [4.78, 5) is 43.2. The Morgan fingerprint density at radius 3 is 2.76 bits per heavy atom. The molecule has 33 heavy (non-hydrogen) atoms. The van der Waals surface area contributed by atoms with Gasteiger partial charge in [-0.05, 0) is 42.5 Å². The van der Waals surface area contributed by atoms with E-state index in [9.17, 15) is 14.4 Å². The largest absolute Gasteiger partial charge is 0.479 e. The molecular formula is C25H27N3O5. The van der Waals surface area contributed by atoms with Gasteiger partial charge in [-0.2, -0.15) is 0 Å². The fourth-order valence-electron chi connectivity index (χ4n) is 4.45. The van der Waals surface area contributed by atoms with E-state index in [0.717, 1.165) is 5.56 Å². The number of aromatic nitrogens is 1. The molecule has 1 N–H and O–H groups in total. The van der Waals surface area contributed by atoms with Crippen LogP contribution in [0.15, 0.2) is 36.5 Å². The normalized spacial score (nSPS) is 21.8. The second kappa shape index (κ2) is 8.84. The summed E-state index contributed by atoms with van der Waals surface area (Å²) in [6, 6.07) is 9.02. The van der Waals surface area contributed by atoms with Crippen LogP contribution in [0, 0.1) is 5.92 Å². The number of amides is 2. The number of benzene rings is 1. The molecule has 1 aromatic carbocycles. The average Bonchev–Trinajstić information content (AvgIpc) is 3.53. The number of ether oxygens (including phenoxy) is 2. The molecule has 2 aromatic rings. The van der Waals surface area contributed by atoms with Crippen molar-refractivity contribution in [1.82, 2.24) is 10.3 Å². The van der Waals surface area contributed by atoms with Crippen molar-refractivity contribution < 1.29 is 23.9 Å². The number of rotatable bonds is 8. The van der Waals surface area contributed by atoms with E-state index >= 15 is 0 Å². The molecule has 8 heteroatoms. The third-order valence-electron chi connectivity index (χ3n) is 6.54. The summed E-state index contributed by atoms with van der Waals surface area (Å²) in [6.07, 6.45) is 4.56. The molecule has 1 aromatic heterocycles. The van der Waals surface area contributed by atoms with Gasteiger partial charge in [-0.25, -0.2) is 4.98 Å². The number of carbonyl (C=O) groups excluding carboxylic acids is 3. The Balaban J connectivity index is 1.23. The number of fused-ring (bicyclic) bond motifs is 1. The number of hydrogen-bond acceptors (Lipinski definition) is 6. The molecule has 8 nitrogen and oxygen atoms in total. The number of ketones is 1. The number of anilines is 1. The van der Waals surface area contributed by atoms with Crippen LogP contribution < -0.4 is 19.7 Å². The number of nitrogens with one attached hydrogen (secondary N) is 1. The maximum atomic E-state index is 13.0. The Morgan fingerprint density at radius 2 is 2.03 bits per heavy atom.